The molecule has 3 aromatic carbocycles. The fourth-order valence-electron chi connectivity index (χ4n) is 3.61. The van der Waals surface area contributed by atoms with E-state index in [1.54, 1.807) is 55.6 Å². The van der Waals surface area contributed by atoms with Crippen LogP contribution in [-0.4, -0.2) is 18.9 Å². The molecule has 1 N–H and O–H groups in total. The van der Waals surface area contributed by atoms with Crippen molar-refractivity contribution < 1.29 is 14.3 Å². The number of ether oxygens (including phenoxy) is 1. The smallest absolute Gasteiger partial charge is 0.282 e. The molecule has 0 aliphatic carbocycles. The van der Waals surface area contributed by atoms with Gasteiger partial charge >= 0.3 is 0 Å². The van der Waals surface area contributed by atoms with Gasteiger partial charge in [-0.25, -0.2) is 4.90 Å². The Bertz CT molecular complexity index is 1220. The van der Waals surface area contributed by atoms with Crippen molar-refractivity contribution in [3.63, 3.8) is 0 Å². The van der Waals surface area contributed by atoms with E-state index in [0.29, 0.717) is 27.6 Å². The lowest BCUT2D eigenvalue weighted by Crippen LogP contribution is -2.32. The summed E-state index contributed by atoms with van der Waals surface area (Å²) < 4.78 is 5.22. The molecule has 6 heteroatoms. The molecule has 0 saturated heterocycles. The number of nitrogens with zero attached hydrogens (tertiary/aromatic N) is 1. The number of benzene rings is 3. The maximum atomic E-state index is 13.5. The van der Waals surface area contributed by atoms with Gasteiger partial charge in [-0.1, -0.05) is 47.5 Å². The van der Waals surface area contributed by atoms with Crippen molar-refractivity contribution in [2.24, 2.45) is 0 Å². The van der Waals surface area contributed by atoms with Gasteiger partial charge in [-0.05, 0) is 61.4 Å². The van der Waals surface area contributed by atoms with Crippen molar-refractivity contribution in [1.29, 1.82) is 0 Å². The molecule has 0 aromatic heterocycles. The van der Waals surface area contributed by atoms with Gasteiger partial charge in [0.2, 0.25) is 0 Å². The van der Waals surface area contributed by atoms with Crippen LogP contribution in [0.4, 0.5) is 11.4 Å². The van der Waals surface area contributed by atoms with Crippen LogP contribution in [0.15, 0.2) is 72.4 Å². The Labute approximate surface area is 185 Å². The summed E-state index contributed by atoms with van der Waals surface area (Å²) >= 11 is 6.11. The number of amides is 2. The Hall–Kier alpha value is -3.57. The summed E-state index contributed by atoms with van der Waals surface area (Å²) in [4.78, 5) is 28.0. The molecule has 0 bridgehead atoms. The molecule has 156 valence electrons. The Balaban J connectivity index is 1.83. The third-order valence-corrected chi connectivity index (χ3v) is 5.41. The van der Waals surface area contributed by atoms with Gasteiger partial charge in [0.15, 0.2) is 0 Å². The first kappa shape index (κ1) is 20.7. The summed E-state index contributed by atoms with van der Waals surface area (Å²) in [6.07, 6.45) is 0. The standard InChI is InChI=1S/C25H21ClN2O3/c1-15-7-12-21(16(2)13-15)27-23-22(17-8-10-20(31-3)11-9-17)24(29)28(25(23)30)19-6-4-5-18(26)14-19/h4-14,27H,1-3H3. The number of hydrogen-bond donors (Lipinski definition) is 1. The molecule has 1 heterocycles. The van der Waals surface area contributed by atoms with E-state index >= 15 is 0 Å². The van der Waals surface area contributed by atoms with Gasteiger partial charge in [0.1, 0.15) is 11.4 Å². The van der Waals surface area contributed by atoms with Crippen molar-refractivity contribution in [2.45, 2.75) is 13.8 Å². The second-order valence-corrected chi connectivity index (χ2v) is 7.78. The van der Waals surface area contributed by atoms with E-state index in [1.165, 1.54) is 0 Å². The highest BCUT2D eigenvalue weighted by Gasteiger charge is 2.40. The summed E-state index contributed by atoms with van der Waals surface area (Å²) in [6, 6.07) is 19.6. The third kappa shape index (κ3) is 3.92. The van der Waals surface area contributed by atoms with Gasteiger partial charge in [-0.3, -0.25) is 9.59 Å². The normalized spacial score (nSPS) is 13.7. The van der Waals surface area contributed by atoms with Crippen molar-refractivity contribution in [1.82, 2.24) is 0 Å². The van der Waals surface area contributed by atoms with Crippen LogP contribution in [0, 0.1) is 13.8 Å². The van der Waals surface area contributed by atoms with Crippen molar-refractivity contribution in [3.05, 3.63) is 94.1 Å². The minimum atomic E-state index is -0.432. The highest BCUT2D eigenvalue weighted by molar-refractivity contribution is 6.46. The number of halogens is 1. The molecule has 0 spiro atoms. The van der Waals surface area contributed by atoms with Gasteiger partial charge in [0.25, 0.3) is 11.8 Å². The maximum Gasteiger partial charge on any atom is 0.282 e. The topological polar surface area (TPSA) is 58.6 Å². The molecular weight excluding hydrogens is 412 g/mol. The molecule has 3 aromatic rings. The monoisotopic (exact) mass is 432 g/mol. The summed E-state index contributed by atoms with van der Waals surface area (Å²) in [6.45, 7) is 3.96. The van der Waals surface area contributed by atoms with Gasteiger partial charge in [0, 0.05) is 10.7 Å². The molecule has 1 aliphatic heterocycles. The van der Waals surface area contributed by atoms with Crippen molar-refractivity contribution >= 4 is 40.4 Å². The predicted octanol–water partition coefficient (Wildman–Crippen LogP) is 5.36. The Morgan fingerprint density at radius 1 is 0.903 bits per heavy atom. The lowest BCUT2D eigenvalue weighted by molar-refractivity contribution is -0.120. The number of anilines is 2. The first-order valence-electron chi connectivity index (χ1n) is 9.76. The molecule has 5 nitrogen and oxygen atoms in total. The van der Waals surface area contributed by atoms with E-state index in [4.69, 9.17) is 16.3 Å². The predicted molar refractivity (Wildman–Crippen MR) is 123 cm³/mol. The summed E-state index contributed by atoms with van der Waals surface area (Å²) in [5, 5.41) is 3.66. The number of aryl methyl sites for hydroxylation is 2. The van der Waals surface area contributed by atoms with E-state index < -0.39 is 11.8 Å². The number of nitrogens with one attached hydrogen (secondary N) is 1. The first-order valence-corrected chi connectivity index (χ1v) is 10.1. The molecule has 0 unspecified atom stereocenters. The highest BCUT2D eigenvalue weighted by Crippen LogP contribution is 2.35. The molecule has 0 radical (unpaired) electrons. The average Bonchev–Trinajstić information content (AvgIpc) is 2.99. The highest BCUT2D eigenvalue weighted by atomic mass is 35.5. The summed E-state index contributed by atoms with van der Waals surface area (Å²) in [5.74, 6) is -0.181. The number of carbonyl (C=O) groups is 2. The van der Waals surface area contributed by atoms with Gasteiger partial charge in [-0.2, -0.15) is 0 Å². The van der Waals surface area contributed by atoms with Crippen molar-refractivity contribution in [3.8, 4) is 5.75 Å². The largest absolute Gasteiger partial charge is 0.497 e. The SMILES string of the molecule is COc1ccc(C2=C(Nc3ccc(C)cc3C)C(=O)N(c3cccc(Cl)c3)C2=O)cc1. The van der Waals surface area contributed by atoms with Crippen molar-refractivity contribution in [2.75, 3.05) is 17.3 Å². The molecule has 0 saturated carbocycles. The van der Waals surface area contributed by atoms with Crippen LogP contribution in [0.1, 0.15) is 16.7 Å². The van der Waals surface area contributed by atoms with E-state index in [2.05, 4.69) is 5.32 Å². The maximum absolute atomic E-state index is 13.5. The zero-order valence-electron chi connectivity index (χ0n) is 17.4. The van der Waals surface area contributed by atoms with Crippen LogP contribution < -0.4 is 15.0 Å². The van der Waals surface area contributed by atoms with Crippen LogP contribution in [0.3, 0.4) is 0 Å². The van der Waals surface area contributed by atoms with E-state index in [-0.39, 0.29) is 5.70 Å². The third-order valence-electron chi connectivity index (χ3n) is 5.17. The van der Waals surface area contributed by atoms with Crippen LogP contribution in [0.2, 0.25) is 5.02 Å². The minimum Gasteiger partial charge on any atom is -0.497 e. The van der Waals surface area contributed by atoms with Crippen LogP contribution in [0.25, 0.3) is 5.57 Å². The number of rotatable bonds is 5. The average molecular weight is 433 g/mol. The van der Waals surface area contributed by atoms with E-state index in [1.807, 2.05) is 32.0 Å². The fraction of sp³-hybridized carbons (Fsp3) is 0.120. The fourth-order valence-corrected chi connectivity index (χ4v) is 3.79. The molecule has 0 fully saturated rings. The quantitative estimate of drug-likeness (QED) is 0.551. The number of imide groups is 1. The van der Waals surface area contributed by atoms with E-state index in [0.717, 1.165) is 21.7 Å². The van der Waals surface area contributed by atoms with Crippen LogP contribution >= 0.6 is 11.6 Å². The van der Waals surface area contributed by atoms with Crippen LogP contribution in [-0.2, 0) is 9.59 Å². The Kier molecular flexibility index (Phi) is 5.53. The summed E-state index contributed by atoms with van der Waals surface area (Å²) in [5.41, 5.74) is 4.42. The molecule has 1 aliphatic rings. The molecule has 4 rings (SSSR count). The summed E-state index contributed by atoms with van der Waals surface area (Å²) in [7, 11) is 1.58. The van der Waals surface area contributed by atoms with Gasteiger partial charge < -0.3 is 10.1 Å². The van der Waals surface area contributed by atoms with Gasteiger partial charge in [0.05, 0.1) is 18.4 Å². The Morgan fingerprint density at radius 3 is 2.29 bits per heavy atom. The second kappa shape index (κ2) is 8.28. The van der Waals surface area contributed by atoms with Gasteiger partial charge in [-0.15, -0.1) is 0 Å². The lowest BCUT2D eigenvalue weighted by Gasteiger charge is -2.16. The first-order chi connectivity index (χ1) is 14.9. The lowest BCUT2D eigenvalue weighted by atomic mass is 10.0. The second-order valence-electron chi connectivity index (χ2n) is 7.35. The number of carbonyl (C=O) groups excluding carboxylic acids is 2. The molecule has 0 atom stereocenters. The number of hydrogen-bond acceptors (Lipinski definition) is 4. The molecule has 31 heavy (non-hydrogen) atoms. The zero-order valence-corrected chi connectivity index (χ0v) is 18.2. The minimum absolute atomic E-state index is 0.224. The Morgan fingerprint density at radius 2 is 1.65 bits per heavy atom. The molecular formula is C25H21ClN2O3. The number of methoxy groups -OCH3 is 1. The van der Waals surface area contributed by atoms with Crippen LogP contribution in [0.5, 0.6) is 5.75 Å². The van der Waals surface area contributed by atoms with E-state index in [9.17, 15) is 9.59 Å². The molecule has 2 amide bonds. The zero-order chi connectivity index (χ0) is 22.1.